The van der Waals surface area contributed by atoms with Gasteiger partial charge >= 0.3 is 0 Å². The smallest absolute Gasteiger partial charge is 0.119 e. The van der Waals surface area contributed by atoms with Crippen molar-refractivity contribution >= 4 is 22.5 Å². The number of rotatable bonds is 6. The number of hydrogen-bond donors (Lipinski definition) is 1. The third-order valence-corrected chi connectivity index (χ3v) is 6.29. The standard InChI is InChI=1S/C26H26ClN3O2/c1-31-22-5-6-24-23(15-22)26(25(29-24)7-8-30-9-11-32-12-10-30)20-13-19(16-28-17-20)18-3-2-4-21(27)14-18/h2-6,13-17,29H,7-12H2,1H3. The van der Waals surface area contributed by atoms with Crippen molar-refractivity contribution in [3.8, 4) is 28.0 Å². The molecule has 4 aromatic rings. The second kappa shape index (κ2) is 9.33. The molecule has 1 aliphatic heterocycles. The van der Waals surface area contributed by atoms with Gasteiger partial charge in [-0.05, 0) is 42.0 Å². The zero-order valence-electron chi connectivity index (χ0n) is 18.1. The van der Waals surface area contributed by atoms with Crippen LogP contribution in [0.4, 0.5) is 0 Å². The number of halogens is 1. The van der Waals surface area contributed by atoms with Crippen molar-refractivity contribution in [1.29, 1.82) is 0 Å². The molecule has 0 atom stereocenters. The molecule has 5 rings (SSSR count). The molecule has 0 saturated carbocycles. The van der Waals surface area contributed by atoms with Gasteiger partial charge in [0.25, 0.3) is 0 Å². The molecule has 5 nitrogen and oxygen atoms in total. The van der Waals surface area contributed by atoms with Crippen molar-refractivity contribution in [2.75, 3.05) is 40.0 Å². The van der Waals surface area contributed by atoms with Gasteiger partial charge in [0.1, 0.15) is 5.75 Å². The largest absolute Gasteiger partial charge is 0.497 e. The average molecular weight is 448 g/mol. The molecular weight excluding hydrogens is 422 g/mol. The van der Waals surface area contributed by atoms with Crippen LogP contribution in [-0.4, -0.2) is 54.8 Å². The van der Waals surface area contributed by atoms with Crippen molar-refractivity contribution in [3.05, 3.63) is 71.6 Å². The van der Waals surface area contributed by atoms with Crippen molar-refractivity contribution in [3.63, 3.8) is 0 Å². The summed E-state index contributed by atoms with van der Waals surface area (Å²) in [5, 5.41) is 1.86. The third kappa shape index (κ3) is 4.37. The molecule has 0 bridgehead atoms. The Hall–Kier alpha value is -2.86. The van der Waals surface area contributed by atoms with Crippen molar-refractivity contribution < 1.29 is 9.47 Å². The number of H-pyrrole nitrogens is 1. The summed E-state index contributed by atoms with van der Waals surface area (Å²) >= 11 is 6.23. The quantitative estimate of drug-likeness (QED) is 0.428. The Morgan fingerprint density at radius 2 is 1.88 bits per heavy atom. The number of aromatic amines is 1. The van der Waals surface area contributed by atoms with Crippen LogP contribution in [0, 0.1) is 0 Å². The van der Waals surface area contributed by atoms with Gasteiger partial charge in [-0.2, -0.15) is 0 Å². The van der Waals surface area contributed by atoms with Crippen LogP contribution >= 0.6 is 11.6 Å². The number of aromatic nitrogens is 2. The first-order chi connectivity index (χ1) is 15.7. The number of ether oxygens (including phenoxy) is 2. The lowest BCUT2D eigenvalue weighted by molar-refractivity contribution is 0.0384. The monoisotopic (exact) mass is 447 g/mol. The van der Waals surface area contributed by atoms with E-state index in [9.17, 15) is 0 Å². The lowest BCUT2D eigenvalue weighted by Gasteiger charge is -2.26. The minimum atomic E-state index is 0.718. The van der Waals surface area contributed by atoms with Crippen LogP contribution in [-0.2, 0) is 11.2 Å². The van der Waals surface area contributed by atoms with E-state index in [1.54, 1.807) is 7.11 Å². The molecule has 2 aromatic carbocycles. The van der Waals surface area contributed by atoms with Crippen molar-refractivity contribution in [1.82, 2.24) is 14.9 Å². The molecule has 1 fully saturated rings. The number of pyridine rings is 1. The number of nitrogens with zero attached hydrogens (tertiary/aromatic N) is 2. The summed E-state index contributed by atoms with van der Waals surface area (Å²) in [5.74, 6) is 0.844. The second-order valence-corrected chi connectivity index (χ2v) is 8.50. The topological polar surface area (TPSA) is 50.4 Å². The molecule has 0 spiro atoms. The van der Waals surface area contributed by atoms with Gasteiger partial charge in [0.05, 0.1) is 20.3 Å². The molecule has 1 saturated heterocycles. The molecule has 2 aromatic heterocycles. The van der Waals surface area contributed by atoms with E-state index in [1.165, 1.54) is 11.3 Å². The molecule has 0 unspecified atom stereocenters. The number of nitrogens with one attached hydrogen (secondary N) is 1. The Bertz CT molecular complexity index is 1230. The fourth-order valence-electron chi connectivity index (χ4n) is 4.37. The highest BCUT2D eigenvalue weighted by atomic mass is 35.5. The van der Waals surface area contributed by atoms with E-state index in [0.29, 0.717) is 0 Å². The summed E-state index contributed by atoms with van der Waals surface area (Å²) in [4.78, 5) is 10.7. The predicted octanol–water partition coefficient (Wildman–Crippen LogP) is 5.43. The van der Waals surface area contributed by atoms with Crippen LogP contribution < -0.4 is 4.74 Å². The SMILES string of the molecule is COc1ccc2[nH]c(CCN3CCOCC3)c(-c3cncc(-c4cccc(Cl)c4)c3)c2c1. The lowest BCUT2D eigenvalue weighted by atomic mass is 9.98. The highest BCUT2D eigenvalue weighted by Crippen LogP contribution is 2.36. The maximum atomic E-state index is 6.23. The van der Waals surface area contributed by atoms with Gasteiger partial charge in [-0.1, -0.05) is 23.7 Å². The number of hydrogen-bond acceptors (Lipinski definition) is 4. The van der Waals surface area contributed by atoms with Crippen molar-refractivity contribution in [2.45, 2.75) is 6.42 Å². The fourth-order valence-corrected chi connectivity index (χ4v) is 4.56. The molecule has 0 aliphatic carbocycles. The molecule has 0 amide bonds. The van der Waals surface area contributed by atoms with Crippen LogP contribution in [0.5, 0.6) is 5.75 Å². The van der Waals surface area contributed by atoms with E-state index in [4.69, 9.17) is 21.1 Å². The minimum absolute atomic E-state index is 0.718. The van der Waals surface area contributed by atoms with Crippen molar-refractivity contribution in [2.24, 2.45) is 0 Å². The van der Waals surface area contributed by atoms with E-state index in [-0.39, 0.29) is 0 Å². The average Bonchev–Trinajstić information content (AvgIpc) is 3.21. The maximum Gasteiger partial charge on any atom is 0.119 e. The normalized spacial score (nSPS) is 14.7. The lowest BCUT2D eigenvalue weighted by Crippen LogP contribution is -2.37. The summed E-state index contributed by atoms with van der Waals surface area (Å²) < 4.78 is 11.0. The Balaban J connectivity index is 1.57. The van der Waals surface area contributed by atoms with Gasteiger partial charge < -0.3 is 14.5 Å². The van der Waals surface area contributed by atoms with Crippen LogP contribution in [0.3, 0.4) is 0 Å². The first kappa shape index (κ1) is 21.0. The summed E-state index contributed by atoms with van der Waals surface area (Å²) in [5.41, 5.74) is 6.68. The van der Waals surface area contributed by atoms with Crippen LogP contribution in [0.15, 0.2) is 60.9 Å². The summed E-state index contributed by atoms with van der Waals surface area (Å²) in [6.07, 6.45) is 4.75. The van der Waals surface area contributed by atoms with E-state index in [1.807, 2.05) is 36.7 Å². The Morgan fingerprint density at radius 3 is 2.69 bits per heavy atom. The predicted molar refractivity (Wildman–Crippen MR) is 129 cm³/mol. The molecule has 1 aliphatic rings. The number of morpholine rings is 1. The van der Waals surface area contributed by atoms with Gasteiger partial charge in [0.15, 0.2) is 0 Å². The zero-order chi connectivity index (χ0) is 21.9. The number of fused-ring (bicyclic) bond motifs is 1. The first-order valence-corrected chi connectivity index (χ1v) is 11.3. The van der Waals surface area contributed by atoms with Crippen LogP contribution in [0.1, 0.15) is 5.69 Å². The van der Waals surface area contributed by atoms with Gasteiger partial charge in [-0.25, -0.2) is 0 Å². The molecular formula is C26H26ClN3O2. The van der Waals surface area contributed by atoms with E-state index in [2.05, 4.69) is 39.1 Å². The summed E-state index contributed by atoms with van der Waals surface area (Å²) in [6, 6.07) is 16.3. The highest BCUT2D eigenvalue weighted by Gasteiger charge is 2.17. The molecule has 164 valence electrons. The summed E-state index contributed by atoms with van der Waals surface area (Å²) in [6.45, 7) is 4.57. The molecule has 32 heavy (non-hydrogen) atoms. The fraction of sp³-hybridized carbons (Fsp3) is 0.269. The minimum Gasteiger partial charge on any atom is -0.497 e. The molecule has 0 radical (unpaired) electrons. The second-order valence-electron chi connectivity index (χ2n) is 8.07. The highest BCUT2D eigenvalue weighted by molar-refractivity contribution is 6.30. The third-order valence-electron chi connectivity index (χ3n) is 6.05. The molecule has 6 heteroatoms. The Kier molecular flexibility index (Phi) is 6.12. The van der Waals surface area contributed by atoms with Gasteiger partial charge in [0.2, 0.25) is 0 Å². The van der Waals surface area contributed by atoms with Gasteiger partial charge in [-0.15, -0.1) is 0 Å². The number of benzene rings is 2. The van der Waals surface area contributed by atoms with Crippen LogP contribution in [0.2, 0.25) is 5.02 Å². The van der Waals surface area contributed by atoms with Gasteiger partial charge in [0, 0.05) is 76.8 Å². The van der Waals surface area contributed by atoms with E-state index >= 15 is 0 Å². The Labute approximate surface area is 192 Å². The maximum absolute atomic E-state index is 6.23. The number of methoxy groups -OCH3 is 1. The molecule has 3 heterocycles. The van der Waals surface area contributed by atoms with E-state index in [0.717, 1.165) is 77.6 Å². The van der Waals surface area contributed by atoms with Gasteiger partial charge in [-0.3, -0.25) is 9.88 Å². The molecule has 1 N–H and O–H groups in total. The van der Waals surface area contributed by atoms with E-state index < -0.39 is 0 Å². The Morgan fingerprint density at radius 1 is 1.03 bits per heavy atom. The first-order valence-electron chi connectivity index (χ1n) is 10.9. The van der Waals surface area contributed by atoms with Crippen LogP contribution in [0.25, 0.3) is 33.2 Å². The zero-order valence-corrected chi connectivity index (χ0v) is 18.9. The summed E-state index contributed by atoms with van der Waals surface area (Å²) in [7, 11) is 1.70.